The largest absolute Gasteiger partial charge is 0.273 e. The lowest BCUT2D eigenvalue weighted by Gasteiger charge is -2.04. The van der Waals surface area contributed by atoms with Crippen molar-refractivity contribution in [3.63, 3.8) is 0 Å². The number of halogens is 2. The van der Waals surface area contributed by atoms with Gasteiger partial charge in [0.2, 0.25) is 11.8 Å². The molecule has 6 nitrogen and oxygen atoms in total. The molecule has 28 heavy (non-hydrogen) atoms. The van der Waals surface area contributed by atoms with Gasteiger partial charge in [-0.1, -0.05) is 56.1 Å². The summed E-state index contributed by atoms with van der Waals surface area (Å²) in [5.41, 5.74) is 8.09. The second kappa shape index (κ2) is 10.9. The van der Waals surface area contributed by atoms with Gasteiger partial charge in [-0.05, 0) is 49.2 Å². The Morgan fingerprint density at radius 1 is 0.714 bits per heavy atom. The van der Waals surface area contributed by atoms with Crippen molar-refractivity contribution >= 4 is 55.1 Å². The minimum absolute atomic E-state index is 0.0236. The van der Waals surface area contributed by atoms with Crippen molar-refractivity contribution in [2.45, 2.75) is 26.7 Å². The molecule has 146 valence electrons. The summed E-state index contributed by atoms with van der Waals surface area (Å²) in [4.78, 5) is 23.8. The van der Waals surface area contributed by atoms with Crippen molar-refractivity contribution in [1.29, 1.82) is 0 Å². The molecule has 8 heteroatoms. The zero-order valence-corrected chi connectivity index (χ0v) is 18.7. The monoisotopic (exact) mass is 506 g/mol. The van der Waals surface area contributed by atoms with Gasteiger partial charge in [0.05, 0.1) is 11.4 Å². The number of hydrazone groups is 2. The molecule has 2 aromatic carbocycles. The molecule has 0 aliphatic rings. The van der Waals surface area contributed by atoms with E-state index in [9.17, 15) is 9.59 Å². The van der Waals surface area contributed by atoms with Gasteiger partial charge in [0.25, 0.3) is 0 Å². The second-order valence-electron chi connectivity index (χ2n) is 5.98. The number of amides is 2. The summed E-state index contributed by atoms with van der Waals surface area (Å²) in [7, 11) is 0. The third-order valence-electron chi connectivity index (χ3n) is 3.80. The predicted molar refractivity (Wildman–Crippen MR) is 118 cm³/mol. The molecule has 0 bridgehead atoms. The molecular weight excluding hydrogens is 488 g/mol. The van der Waals surface area contributed by atoms with E-state index in [1.807, 2.05) is 48.5 Å². The van der Waals surface area contributed by atoms with Gasteiger partial charge in [-0.15, -0.1) is 0 Å². The van der Waals surface area contributed by atoms with E-state index in [0.29, 0.717) is 11.4 Å². The SMILES string of the molecule is C/C(=N\NC(=O)CCC(=O)N/N=C(\C)c1ccc(Br)cc1)c1ccc(Br)cc1. The van der Waals surface area contributed by atoms with Crippen molar-refractivity contribution < 1.29 is 9.59 Å². The maximum Gasteiger partial charge on any atom is 0.240 e. The van der Waals surface area contributed by atoms with E-state index in [1.165, 1.54) is 0 Å². The molecule has 2 rings (SSSR count). The zero-order valence-electron chi connectivity index (χ0n) is 15.5. The summed E-state index contributed by atoms with van der Waals surface area (Å²) in [5, 5.41) is 8.12. The van der Waals surface area contributed by atoms with Crippen molar-refractivity contribution in [3.05, 3.63) is 68.6 Å². The summed E-state index contributed by atoms with van der Waals surface area (Å²) in [6, 6.07) is 15.2. The van der Waals surface area contributed by atoms with Crippen LogP contribution in [0.15, 0.2) is 67.7 Å². The smallest absolute Gasteiger partial charge is 0.240 e. The Balaban J connectivity index is 1.78. The van der Waals surface area contributed by atoms with E-state index in [2.05, 4.69) is 52.9 Å². The fourth-order valence-electron chi connectivity index (χ4n) is 2.14. The lowest BCUT2D eigenvalue weighted by molar-refractivity contribution is -0.126. The van der Waals surface area contributed by atoms with Crippen LogP contribution in [0, 0.1) is 0 Å². The Labute approximate surface area is 180 Å². The molecule has 0 aliphatic carbocycles. The van der Waals surface area contributed by atoms with Gasteiger partial charge in [-0.3, -0.25) is 9.59 Å². The highest BCUT2D eigenvalue weighted by molar-refractivity contribution is 9.10. The van der Waals surface area contributed by atoms with Crippen molar-refractivity contribution in [3.8, 4) is 0 Å². The van der Waals surface area contributed by atoms with Crippen molar-refractivity contribution in [1.82, 2.24) is 10.9 Å². The van der Waals surface area contributed by atoms with Gasteiger partial charge < -0.3 is 0 Å². The summed E-state index contributed by atoms with van der Waals surface area (Å²) in [6.07, 6.45) is 0.0472. The van der Waals surface area contributed by atoms with Gasteiger partial charge in [-0.2, -0.15) is 10.2 Å². The molecule has 2 N–H and O–H groups in total. The number of carbonyl (C=O) groups is 2. The maximum atomic E-state index is 11.9. The van der Waals surface area contributed by atoms with Crippen molar-refractivity contribution in [2.24, 2.45) is 10.2 Å². The Hall–Kier alpha value is -2.32. The van der Waals surface area contributed by atoms with Crippen LogP contribution in [0.1, 0.15) is 37.8 Å². The number of rotatable bonds is 7. The third-order valence-corrected chi connectivity index (χ3v) is 4.86. The first-order chi connectivity index (χ1) is 13.3. The highest BCUT2D eigenvalue weighted by Crippen LogP contribution is 2.12. The lowest BCUT2D eigenvalue weighted by Crippen LogP contribution is -2.24. The Morgan fingerprint density at radius 3 is 1.36 bits per heavy atom. The molecule has 0 fully saturated rings. The molecule has 0 spiro atoms. The molecular formula is C20H20Br2N4O2. The third kappa shape index (κ3) is 7.36. The van der Waals surface area contributed by atoms with Gasteiger partial charge >= 0.3 is 0 Å². The van der Waals surface area contributed by atoms with E-state index in [0.717, 1.165) is 20.1 Å². The normalized spacial score (nSPS) is 11.9. The van der Waals surface area contributed by atoms with E-state index in [1.54, 1.807) is 13.8 Å². The highest BCUT2D eigenvalue weighted by Gasteiger charge is 2.07. The first kappa shape index (κ1) is 22.0. The Kier molecular flexibility index (Phi) is 8.53. The Bertz CT molecular complexity index is 816. The molecule has 0 saturated carbocycles. The second-order valence-corrected chi connectivity index (χ2v) is 7.81. The number of benzene rings is 2. The first-order valence-electron chi connectivity index (χ1n) is 8.53. The van der Waals surface area contributed by atoms with Crippen LogP contribution >= 0.6 is 31.9 Å². The van der Waals surface area contributed by atoms with E-state index >= 15 is 0 Å². The maximum absolute atomic E-state index is 11.9. The summed E-state index contributed by atoms with van der Waals surface area (Å²) >= 11 is 6.74. The summed E-state index contributed by atoms with van der Waals surface area (Å²) < 4.78 is 1.94. The molecule has 2 aromatic rings. The van der Waals surface area contributed by atoms with E-state index in [-0.39, 0.29) is 24.7 Å². The van der Waals surface area contributed by atoms with Crippen LogP contribution in [0.3, 0.4) is 0 Å². The molecule has 0 radical (unpaired) electrons. The number of hydrogen-bond donors (Lipinski definition) is 2. The molecule has 0 aromatic heterocycles. The van der Waals surface area contributed by atoms with Crippen LogP contribution in [-0.2, 0) is 9.59 Å². The van der Waals surface area contributed by atoms with Crippen LogP contribution in [0.5, 0.6) is 0 Å². The zero-order chi connectivity index (χ0) is 20.5. The fourth-order valence-corrected chi connectivity index (χ4v) is 2.67. The molecule has 0 aliphatic heterocycles. The van der Waals surface area contributed by atoms with Crippen LogP contribution in [0.2, 0.25) is 0 Å². The summed E-state index contributed by atoms with van der Waals surface area (Å²) in [5.74, 6) is -0.666. The minimum Gasteiger partial charge on any atom is -0.273 e. The van der Waals surface area contributed by atoms with Gasteiger partial charge in [0, 0.05) is 21.8 Å². The number of hydrogen-bond acceptors (Lipinski definition) is 4. The fraction of sp³-hybridized carbons (Fsp3) is 0.200. The van der Waals surface area contributed by atoms with Crippen LogP contribution in [0.25, 0.3) is 0 Å². The van der Waals surface area contributed by atoms with Gasteiger partial charge in [0.15, 0.2) is 0 Å². The molecule has 2 amide bonds. The predicted octanol–water partition coefficient (Wildman–Crippen LogP) is 4.37. The number of carbonyl (C=O) groups excluding carboxylic acids is 2. The topological polar surface area (TPSA) is 82.9 Å². The summed E-state index contributed by atoms with van der Waals surface area (Å²) in [6.45, 7) is 3.60. The minimum atomic E-state index is -0.333. The Morgan fingerprint density at radius 2 is 1.04 bits per heavy atom. The number of nitrogens with zero attached hydrogens (tertiary/aromatic N) is 2. The molecule has 0 saturated heterocycles. The highest BCUT2D eigenvalue weighted by atomic mass is 79.9. The number of nitrogens with one attached hydrogen (secondary N) is 2. The van der Waals surface area contributed by atoms with E-state index in [4.69, 9.17) is 0 Å². The molecule has 0 unspecified atom stereocenters. The lowest BCUT2D eigenvalue weighted by atomic mass is 10.1. The molecule has 0 atom stereocenters. The first-order valence-corrected chi connectivity index (χ1v) is 10.1. The molecule has 0 heterocycles. The quantitative estimate of drug-likeness (QED) is 0.430. The van der Waals surface area contributed by atoms with Crippen LogP contribution < -0.4 is 10.9 Å². The average molecular weight is 508 g/mol. The average Bonchev–Trinajstić information content (AvgIpc) is 2.69. The van der Waals surface area contributed by atoms with Crippen LogP contribution in [-0.4, -0.2) is 23.2 Å². The van der Waals surface area contributed by atoms with Crippen molar-refractivity contribution in [2.75, 3.05) is 0 Å². The standard InChI is InChI=1S/C20H20Br2N4O2/c1-13(15-3-7-17(21)8-4-15)23-25-19(27)11-12-20(28)26-24-14(2)16-5-9-18(22)10-6-16/h3-10H,11-12H2,1-2H3,(H,25,27)(H,26,28)/b23-13+,24-14+. The van der Waals surface area contributed by atoms with E-state index < -0.39 is 0 Å². The van der Waals surface area contributed by atoms with Crippen LogP contribution in [0.4, 0.5) is 0 Å². The van der Waals surface area contributed by atoms with Gasteiger partial charge in [-0.25, -0.2) is 10.9 Å². The van der Waals surface area contributed by atoms with Gasteiger partial charge in [0.1, 0.15) is 0 Å².